The summed E-state index contributed by atoms with van der Waals surface area (Å²) in [7, 11) is 0. The number of hydrogen-bond donors (Lipinski definition) is 1. The average molecular weight is 265 g/mol. The number of aromatic carboxylic acids is 1. The van der Waals surface area contributed by atoms with Gasteiger partial charge in [-0.2, -0.15) is 0 Å². The van der Waals surface area contributed by atoms with E-state index in [9.17, 15) is 13.6 Å². The molecule has 4 nitrogen and oxygen atoms in total. The number of pyridine rings is 1. The Morgan fingerprint density at radius 2 is 2.05 bits per heavy atom. The maximum Gasteiger partial charge on any atom is 0.339 e. The van der Waals surface area contributed by atoms with Crippen LogP contribution in [0.4, 0.5) is 8.78 Å². The number of carboxylic acid groups (broad SMARTS) is 1. The summed E-state index contributed by atoms with van der Waals surface area (Å²) in [6, 6.07) is 5.00. The van der Waals surface area contributed by atoms with Gasteiger partial charge in [-0.05, 0) is 19.1 Å². The van der Waals surface area contributed by atoms with Crippen molar-refractivity contribution < 1.29 is 23.4 Å². The molecule has 1 aromatic carbocycles. The number of halogens is 2. The molecule has 2 rings (SSSR count). The Balaban J connectivity index is 2.40. The Labute approximate surface area is 107 Å². The van der Waals surface area contributed by atoms with Crippen molar-refractivity contribution in [1.29, 1.82) is 0 Å². The molecule has 19 heavy (non-hydrogen) atoms. The summed E-state index contributed by atoms with van der Waals surface area (Å²) in [5, 5.41) is 9.03. The van der Waals surface area contributed by atoms with Crippen LogP contribution in [0.15, 0.2) is 30.5 Å². The largest absolute Gasteiger partial charge is 0.478 e. The van der Waals surface area contributed by atoms with Gasteiger partial charge >= 0.3 is 5.97 Å². The Bertz CT molecular complexity index is 644. The van der Waals surface area contributed by atoms with Gasteiger partial charge in [-0.15, -0.1) is 0 Å². The molecule has 0 aliphatic carbocycles. The maximum atomic E-state index is 13.4. The van der Waals surface area contributed by atoms with Crippen LogP contribution in [0.5, 0.6) is 11.6 Å². The van der Waals surface area contributed by atoms with Crippen LogP contribution in [-0.4, -0.2) is 16.1 Å². The molecule has 0 saturated carbocycles. The van der Waals surface area contributed by atoms with E-state index in [0.717, 1.165) is 11.8 Å². The van der Waals surface area contributed by atoms with E-state index in [1.807, 2.05) is 0 Å². The summed E-state index contributed by atoms with van der Waals surface area (Å²) in [6.07, 6.45) is 0.785. The number of benzene rings is 1. The zero-order chi connectivity index (χ0) is 14.0. The Kier molecular flexibility index (Phi) is 3.41. The van der Waals surface area contributed by atoms with Gasteiger partial charge in [-0.1, -0.05) is 11.6 Å². The number of hydrogen-bond acceptors (Lipinski definition) is 3. The third-order valence-corrected chi connectivity index (χ3v) is 2.35. The lowest BCUT2D eigenvalue weighted by molar-refractivity contribution is 0.0694. The molecule has 0 aliphatic heterocycles. The SMILES string of the molecule is Cc1ccc(Oc2ncc(F)cc2F)c(C(=O)O)c1. The molecule has 2 aromatic rings. The second kappa shape index (κ2) is 5.01. The van der Waals surface area contributed by atoms with Crippen LogP contribution in [0, 0.1) is 18.6 Å². The minimum Gasteiger partial charge on any atom is -0.478 e. The van der Waals surface area contributed by atoms with Crippen molar-refractivity contribution in [3.05, 3.63) is 53.2 Å². The second-order valence-corrected chi connectivity index (χ2v) is 3.85. The van der Waals surface area contributed by atoms with E-state index in [0.29, 0.717) is 6.07 Å². The highest BCUT2D eigenvalue weighted by molar-refractivity contribution is 5.91. The van der Waals surface area contributed by atoms with Crippen molar-refractivity contribution in [3.8, 4) is 11.6 Å². The van der Waals surface area contributed by atoms with E-state index in [1.54, 1.807) is 13.0 Å². The molecule has 0 bridgehead atoms. The molecule has 1 N–H and O–H groups in total. The minimum atomic E-state index is -1.21. The molecule has 98 valence electrons. The first-order valence-electron chi connectivity index (χ1n) is 5.30. The van der Waals surface area contributed by atoms with Gasteiger partial charge in [0.15, 0.2) is 5.82 Å². The number of carboxylic acids is 1. The fourth-order valence-electron chi connectivity index (χ4n) is 1.48. The van der Waals surface area contributed by atoms with Crippen LogP contribution in [0.25, 0.3) is 0 Å². The van der Waals surface area contributed by atoms with Gasteiger partial charge in [0, 0.05) is 6.07 Å². The van der Waals surface area contributed by atoms with Crippen molar-refractivity contribution in [1.82, 2.24) is 4.98 Å². The zero-order valence-electron chi connectivity index (χ0n) is 9.85. The summed E-state index contributed by atoms with van der Waals surface area (Å²) in [6.45, 7) is 1.72. The molecule has 0 saturated heterocycles. The van der Waals surface area contributed by atoms with Crippen LogP contribution in [0.1, 0.15) is 15.9 Å². The van der Waals surface area contributed by atoms with Crippen LogP contribution < -0.4 is 4.74 Å². The number of ether oxygens (including phenoxy) is 1. The lowest BCUT2D eigenvalue weighted by Crippen LogP contribution is -2.02. The molecule has 1 aromatic heterocycles. The lowest BCUT2D eigenvalue weighted by Gasteiger charge is -2.09. The summed E-state index contributed by atoms with van der Waals surface area (Å²) < 4.78 is 31.1. The van der Waals surface area contributed by atoms with E-state index >= 15 is 0 Å². The quantitative estimate of drug-likeness (QED) is 0.926. The van der Waals surface area contributed by atoms with E-state index in [-0.39, 0.29) is 11.3 Å². The van der Waals surface area contributed by atoms with E-state index in [1.165, 1.54) is 12.1 Å². The van der Waals surface area contributed by atoms with Gasteiger partial charge in [0.2, 0.25) is 0 Å². The minimum absolute atomic E-state index is 0.0592. The second-order valence-electron chi connectivity index (χ2n) is 3.85. The van der Waals surface area contributed by atoms with Gasteiger partial charge in [-0.3, -0.25) is 0 Å². The number of aryl methyl sites for hydroxylation is 1. The predicted molar refractivity (Wildman–Crippen MR) is 62.4 cm³/mol. The van der Waals surface area contributed by atoms with Gasteiger partial charge in [-0.25, -0.2) is 18.6 Å². The van der Waals surface area contributed by atoms with Crippen LogP contribution in [0.2, 0.25) is 0 Å². The first kappa shape index (κ1) is 12.9. The number of rotatable bonds is 3. The summed E-state index contributed by atoms with van der Waals surface area (Å²) in [5.41, 5.74) is 0.600. The van der Waals surface area contributed by atoms with E-state index in [2.05, 4.69) is 4.98 Å². The van der Waals surface area contributed by atoms with Crippen molar-refractivity contribution >= 4 is 5.97 Å². The van der Waals surface area contributed by atoms with Gasteiger partial charge in [0.1, 0.15) is 17.1 Å². The fourth-order valence-corrected chi connectivity index (χ4v) is 1.48. The summed E-state index contributed by atoms with van der Waals surface area (Å²) in [5.74, 6) is -3.59. The Morgan fingerprint density at radius 3 is 2.68 bits per heavy atom. The first-order valence-corrected chi connectivity index (χ1v) is 5.30. The maximum absolute atomic E-state index is 13.4. The highest BCUT2D eigenvalue weighted by Gasteiger charge is 2.15. The first-order chi connectivity index (χ1) is 8.97. The lowest BCUT2D eigenvalue weighted by atomic mass is 10.1. The highest BCUT2D eigenvalue weighted by atomic mass is 19.1. The van der Waals surface area contributed by atoms with Crippen LogP contribution in [0.3, 0.4) is 0 Å². The molecule has 1 heterocycles. The van der Waals surface area contributed by atoms with Crippen LogP contribution in [-0.2, 0) is 0 Å². The smallest absolute Gasteiger partial charge is 0.339 e. The molecule has 6 heteroatoms. The van der Waals surface area contributed by atoms with Gasteiger partial charge in [0.25, 0.3) is 5.88 Å². The highest BCUT2D eigenvalue weighted by Crippen LogP contribution is 2.26. The van der Waals surface area contributed by atoms with Crippen molar-refractivity contribution in [2.45, 2.75) is 6.92 Å². The van der Waals surface area contributed by atoms with Gasteiger partial charge in [0.05, 0.1) is 6.20 Å². The third kappa shape index (κ3) is 2.85. The molecule has 0 radical (unpaired) electrons. The monoisotopic (exact) mass is 265 g/mol. The molecule has 0 aliphatic rings. The summed E-state index contributed by atoms with van der Waals surface area (Å²) >= 11 is 0. The standard InChI is InChI=1S/C13H9F2NO3/c1-7-2-3-11(9(4-7)13(17)18)19-12-10(15)5-8(14)6-16-12/h2-6H,1H3,(H,17,18). The molecule has 0 fully saturated rings. The van der Waals surface area contributed by atoms with Crippen molar-refractivity contribution in [3.63, 3.8) is 0 Å². The molecular weight excluding hydrogens is 256 g/mol. The number of aromatic nitrogens is 1. The molecule has 0 amide bonds. The molecular formula is C13H9F2NO3. The molecule has 0 atom stereocenters. The summed E-state index contributed by atoms with van der Waals surface area (Å²) in [4.78, 5) is 14.5. The zero-order valence-corrected chi connectivity index (χ0v) is 9.85. The molecule has 0 unspecified atom stereocenters. The normalized spacial score (nSPS) is 10.3. The van der Waals surface area contributed by atoms with Crippen LogP contribution >= 0.6 is 0 Å². The number of carbonyl (C=O) groups is 1. The third-order valence-electron chi connectivity index (χ3n) is 2.35. The average Bonchev–Trinajstić information content (AvgIpc) is 2.34. The fraction of sp³-hybridized carbons (Fsp3) is 0.0769. The number of nitrogens with zero attached hydrogens (tertiary/aromatic N) is 1. The predicted octanol–water partition coefficient (Wildman–Crippen LogP) is 3.16. The molecule has 0 spiro atoms. The van der Waals surface area contributed by atoms with Gasteiger partial charge < -0.3 is 9.84 Å². The Morgan fingerprint density at radius 1 is 1.32 bits per heavy atom. The van der Waals surface area contributed by atoms with Crippen molar-refractivity contribution in [2.75, 3.05) is 0 Å². The Hall–Kier alpha value is -2.50. The van der Waals surface area contributed by atoms with E-state index in [4.69, 9.17) is 9.84 Å². The van der Waals surface area contributed by atoms with Crippen molar-refractivity contribution in [2.24, 2.45) is 0 Å². The van der Waals surface area contributed by atoms with E-state index < -0.39 is 23.5 Å². The topological polar surface area (TPSA) is 59.4 Å².